The molecule has 0 amide bonds. The predicted octanol–water partition coefficient (Wildman–Crippen LogP) is 7.06. The molecular weight excluding hydrogens is 407 g/mol. The summed E-state index contributed by atoms with van der Waals surface area (Å²) in [5, 5.41) is 0. The molecule has 0 aliphatic carbocycles. The van der Waals surface area contributed by atoms with Gasteiger partial charge in [-0.2, -0.15) is 0 Å². The molecule has 2 aromatic carbocycles. The first-order valence-electron chi connectivity index (χ1n) is 11.3. The number of aryl methyl sites for hydroxylation is 4. The first-order valence-corrected chi connectivity index (χ1v) is 12.8. The lowest BCUT2D eigenvalue weighted by Crippen LogP contribution is -2.13. The van der Waals surface area contributed by atoms with Gasteiger partial charge in [0.05, 0.1) is 0 Å². The van der Waals surface area contributed by atoms with Crippen molar-refractivity contribution < 1.29 is 18.5 Å². The van der Waals surface area contributed by atoms with Gasteiger partial charge in [-0.05, 0) is 69.9 Å². The summed E-state index contributed by atoms with van der Waals surface area (Å²) < 4.78 is 24.6. The number of phosphoric ester groups is 1. The summed E-state index contributed by atoms with van der Waals surface area (Å²) in [6, 6.07) is 8.46. The molecule has 3 rings (SSSR count). The van der Waals surface area contributed by atoms with Gasteiger partial charge in [-0.15, -0.1) is 0 Å². The van der Waals surface area contributed by atoms with E-state index >= 15 is 0 Å². The number of hydrogen-bond donors (Lipinski definition) is 1. The maximum Gasteiger partial charge on any atom is 0.584 e. The molecule has 5 heteroatoms. The first kappa shape index (κ1) is 23.9. The Kier molecular flexibility index (Phi) is 6.39. The third-order valence-corrected chi connectivity index (χ3v) is 6.88. The van der Waals surface area contributed by atoms with Gasteiger partial charge in [-0.25, -0.2) is 4.57 Å². The molecule has 2 aromatic rings. The van der Waals surface area contributed by atoms with E-state index in [-0.39, 0.29) is 10.8 Å². The molecule has 1 aliphatic rings. The van der Waals surface area contributed by atoms with Crippen LogP contribution in [0.25, 0.3) is 0 Å². The van der Waals surface area contributed by atoms with Gasteiger partial charge in [0.2, 0.25) is 0 Å². The number of hydrogen-bond acceptors (Lipinski definition) is 3. The summed E-state index contributed by atoms with van der Waals surface area (Å²) in [4.78, 5) is 10.7. The first-order chi connectivity index (χ1) is 14.2. The third-order valence-electron chi connectivity index (χ3n) is 6.06. The minimum Gasteiger partial charge on any atom is -0.395 e. The van der Waals surface area contributed by atoms with Crippen LogP contribution in [-0.4, -0.2) is 4.89 Å². The molecular formula is C26H37O4P. The second-order valence-electron chi connectivity index (χ2n) is 10.6. The van der Waals surface area contributed by atoms with Crippen molar-refractivity contribution in [2.75, 3.05) is 0 Å². The van der Waals surface area contributed by atoms with Crippen molar-refractivity contribution in [1.82, 2.24) is 0 Å². The van der Waals surface area contributed by atoms with Gasteiger partial charge in [0.25, 0.3) is 0 Å². The van der Waals surface area contributed by atoms with Crippen LogP contribution in [0.3, 0.4) is 0 Å². The lowest BCUT2D eigenvalue weighted by Gasteiger charge is -2.24. The Morgan fingerprint density at radius 2 is 1.13 bits per heavy atom. The van der Waals surface area contributed by atoms with Crippen molar-refractivity contribution in [2.24, 2.45) is 0 Å². The maximum absolute atomic E-state index is 13.1. The second kappa shape index (κ2) is 8.30. The molecule has 170 valence electrons. The molecule has 0 saturated carbocycles. The normalized spacial score (nSPS) is 16.2. The van der Waals surface area contributed by atoms with Crippen LogP contribution in [-0.2, 0) is 41.1 Å². The Labute approximate surface area is 187 Å². The number of phosphoric acid groups is 1. The lowest BCUT2D eigenvalue weighted by molar-refractivity contribution is 0.288. The third kappa shape index (κ3) is 5.18. The van der Waals surface area contributed by atoms with E-state index in [0.29, 0.717) is 24.3 Å². The fourth-order valence-electron chi connectivity index (χ4n) is 4.02. The molecule has 0 bridgehead atoms. The van der Waals surface area contributed by atoms with E-state index in [9.17, 15) is 9.46 Å². The summed E-state index contributed by atoms with van der Waals surface area (Å²) in [7, 11) is -4.34. The Morgan fingerprint density at radius 1 is 0.774 bits per heavy atom. The van der Waals surface area contributed by atoms with Crippen molar-refractivity contribution in [3.63, 3.8) is 0 Å². The Hall–Kier alpha value is -1.77. The molecule has 0 saturated heterocycles. The highest BCUT2D eigenvalue weighted by molar-refractivity contribution is 7.48. The highest BCUT2D eigenvalue weighted by Gasteiger charge is 2.33. The average molecular weight is 445 g/mol. The van der Waals surface area contributed by atoms with Crippen LogP contribution < -0.4 is 9.05 Å². The van der Waals surface area contributed by atoms with Crippen LogP contribution in [0.5, 0.6) is 11.5 Å². The molecule has 31 heavy (non-hydrogen) atoms. The van der Waals surface area contributed by atoms with E-state index in [0.717, 1.165) is 35.1 Å². The summed E-state index contributed by atoms with van der Waals surface area (Å²) in [5.41, 5.74) is 6.18. The van der Waals surface area contributed by atoms with Crippen LogP contribution in [0.15, 0.2) is 24.3 Å². The van der Waals surface area contributed by atoms with Crippen LogP contribution >= 0.6 is 7.82 Å². The van der Waals surface area contributed by atoms with Gasteiger partial charge in [0.15, 0.2) is 0 Å². The van der Waals surface area contributed by atoms with Gasteiger partial charge >= 0.3 is 7.82 Å². The molecule has 1 heterocycles. The van der Waals surface area contributed by atoms with E-state index in [2.05, 4.69) is 65.8 Å². The highest BCUT2D eigenvalue weighted by atomic mass is 31.2. The van der Waals surface area contributed by atoms with Crippen LogP contribution in [0.4, 0.5) is 0 Å². The monoisotopic (exact) mass is 444 g/mol. The molecule has 0 fully saturated rings. The van der Waals surface area contributed by atoms with Gasteiger partial charge in [-0.3, -0.25) is 4.89 Å². The summed E-state index contributed by atoms with van der Waals surface area (Å²) in [6.07, 6.45) is 2.87. The van der Waals surface area contributed by atoms with E-state index in [1.54, 1.807) is 0 Å². The van der Waals surface area contributed by atoms with Crippen molar-refractivity contribution in [3.8, 4) is 11.5 Å². The molecule has 1 N–H and O–H groups in total. The van der Waals surface area contributed by atoms with Crippen molar-refractivity contribution >= 4 is 7.82 Å². The molecule has 0 aromatic heterocycles. The van der Waals surface area contributed by atoms with E-state index in [1.165, 1.54) is 11.1 Å². The van der Waals surface area contributed by atoms with Crippen molar-refractivity contribution in [1.29, 1.82) is 0 Å². The fourth-order valence-corrected chi connectivity index (χ4v) is 4.99. The van der Waals surface area contributed by atoms with Gasteiger partial charge in [0, 0.05) is 0 Å². The molecule has 0 radical (unpaired) electrons. The largest absolute Gasteiger partial charge is 0.584 e. The van der Waals surface area contributed by atoms with Gasteiger partial charge in [-0.1, -0.05) is 79.7 Å². The zero-order valence-corrected chi connectivity index (χ0v) is 21.2. The highest BCUT2D eigenvalue weighted by Crippen LogP contribution is 2.51. The van der Waals surface area contributed by atoms with Gasteiger partial charge < -0.3 is 9.05 Å². The topological polar surface area (TPSA) is 55.8 Å². The van der Waals surface area contributed by atoms with Crippen LogP contribution in [0.2, 0.25) is 0 Å². The zero-order valence-electron chi connectivity index (χ0n) is 20.3. The Balaban J connectivity index is 2.21. The van der Waals surface area contributed by atoms with E-state index < -0.39 is 7.82 Å². The van der Waals surface area contributed by atoms with Crippen molar-refractivity contribution in [2.45, 2.75) is 91.9 Å². The summed E-state index contributed by atoms with van der Waals surface area (Å²) in [6.45, 7) is 17.2. The molecule has 4 nitrogen and oxygen atoms in total. The van der Waals surface area contributed by atoms with E-state index in [1.807, 2.05) is 13.8 Å². The Bertz CT molecular complexity index is 946. The summed E-state index contributed by atoms with van der Waals surface area (Å²) in [5.74, 6) is 1.01. The quantitative estimate of drug-likeness (QED) is 0.504. The van der Waals surface area contributed by atoms with Crippen LogP contribution in [0, 0.1) is 0 Å². The molecule has 0 atom stereocenters. The predicted molar refractivity (Wildman–Crippen MR) is 128 cm³/mol. The minimum atomic E-state index is -4.34. The SMILES string of the molecule is CCc1cc(C(C)(C)C)cc2c1OP(=O)(O)Oc1c(CC)cc(C(C)(C)C)cc1CC2. The number of rotatable bonds is 2. The summed E-state index contributed by atoms with van der Waals surface area (Å²) >= 11 is 0. The average Bonchev–Trinajstić information content (AvgIpc) is 2.70. The maximum atomic E-state index is 13.1. The second-order valence-corrected chi connectivity index (χ2v) is 11.9. The smallest absolute Gasteiger partial charge is 0.395 e. The number of benzene rings is 2. The van der Waals surface area contributed by atoms with Crippen molar-refractivity contribution in [3.05, 3.63) is 57.6 Å². The lowest BCUT2D eigenvalue weighted by atomic mass is 9.82. The zero-order chi connectivity index (χ0) is 23.2. The number of fused-ring (bicyclic) bond motifs is 2. The van der Waals surface area contributed by atoms with Crippen LogP contribution in [0.1, 0.15) is 88.8 Å². The standard InChI is InChI=1S/C26H37O4P/c1-9-17-13-21(25(3,4)5)15-19-11-12-20-16-22(26(6,7)8)14-18(10-2)24(20)30-31(27,28)29-23(17)19/h13-16H,9-12H2,1-8H3,(H,27,28). The minimum absolute atomic E-state index is 0.0243. The molecule has 0 spiro atoms. The fraction of sp³-hybridized carbons (Fsp3) is 0.538. The molecule has 1 aliphatic heterocycles. The van der Waals surface area contributed by atoms with E-state index in [4.69, 9.17) is 9.05 Å². The molecule has 0 unspecified atom stereocenters. The van der Waals surface area contributed by atoms with Gasteiger partial charge in [0.1, 0.15) is 11.5 Å². The Morgan fingerprint density at radius 3 is 1.42 bits per heavy atom.